The molecule has 0 aromatic heterocycles. The number of aliphatic carboxylic acids is 1. The molecule has 0 saturated carbocycles. The van der Waals surface area contributed by atoms with Gasteiger partial charge in [-0.3, -0.25) is 14.4 Å². The first-order valence-electron chi connectivity index (χ1n) is 8.24. The number of likely N-dealkylation sites (tertiary alicyclic amines) is 1. The highest BCUT2D eigenvalue weighted by Crippen LogP contribution is 2.24. The molecule has 2 rings (SSSR count). The Morgan fingerprint density at radius 3 is 2.50 bits per heavy atom. The van der Waals surface area contributed by atoms with Gasteiger partial charge in [-0.25, -0.2) is 0 Å². The van der Waals surface area contributed by atoms with Crippen LogP contribution in [0.15, 0.2) is 18.2 Å². The summed E-state index contributed by atoms with van der Waals surface area (Å²) >= 11 is 0. The second-order valence-corrected chi connectivity index (χ2v) is 5.83. The fraction of sp³-hybridized carbons (Fsp3) is 0.471. The molecule has 144 valence electrons. The maximum atomic E-state index is 12.2. The molecule has 1 heterocycles. The lowest BCUT2D eigenvalue weighted by Gasteiger charge is -2.23. The smallest absolute Gasteiger partial charge is 0.300 e. The number of hydrogen-bond donors (Lipinski definition) is 5. The molecule has 0 radical (unpaired) electrons. The number of aromatic hydroxyl groups is 2. The van der Waals surface area contributed by atoms with Gasteiger partial charge in [0.15, 0.2) is 11.5 Å². The number of carbonyl (C=O) groups is 3. The highest BCUT2D eigenvalue weighted by molar-refractivity contribution is 5.88. The van der Waals surface area contributed by atoms with Crippen LogP contribution < -0.4 is 11.1 Å². The topological polar surface area (TPSA) is 153 Å². The van der Waals surface area contributed by atoms with Crippen LogP contribution in [0.25, 0.3) is 0 Å². The zero-order chi connectivity index (χ0) is 19.7. The van der Waals surface area contributed by atoms with Gasteiger partial charge in [0.05, 0.1) is 6.54 Å². The van der Waals surface area contributed by atoms with Crippen LogP contribution in [0.2, 0.25) is 0 Å². The molecular formula is C17H25N3O6. The lowest BCUT2D eigenvalue weighted by molar-refractivity contribution is -0.137. The summed E-state index contributed by atoms with van der Waals surface area (Å²) in [5, 5.41) is 28.9. The Kier molecular flexibility index (Phi) is 8.36. The van der Waals surface area contributed by atoms with E-state index in [0.717, 1.165) is 18.9 Å². The van der Waals surface area contributed by atoms with Crippen molar-refractivity contribution in [1.29, 1.82) is 0 Å². The molecule has 1 fully saturated rings. The lowest BCUT2D eigenvalue weighted by atomic mass is 10.1. The van der Waals surface area contributed by atoms with Crippen LogP contribution in [-0.4, -0.2) is 63.7 Å². The van der Waals surface area contributed by atoms with Gasteiger partial charge in [0.2, 0.25) is 11.8 Å². The van der Waals surface area contributed by atoms with Gasteiger partial charge in [0.25, 0.3) is 5.97 Å². The van der Waals surface area contributed by atoms with E-state index in [-0.39, 0.29) is 29.9 Å². The third kappa shape index (κ3) is 6.60. The number of nitrogens with one attached hydrogen (secondary N) is 1. The van der Waals surface area contributed by atoms with Crippen LogP contribution in [0, 0.1) is 0 Å². The average molecular weight is 367 g/mol. The minimum absolute atomic E-state index is 0.0867. The number of nitrogens with two attached hydrogens (primary N) is 1. The average Bonchev–Trinajstić information content (AvgIpc) is 3.06. The number of hydrogen-bond acceptors (Lipinski definition) is 6. The maximum absolute atomic E-state index is 12.2. The van der Waals surface area contributed by atoms with E-state index in [1.54, 1.807) is 6.07 Å². The van der Waals surface area contributed by atoms with Crippen LogP contribution in [0.4, 0.5) is 0 Å². The minimum Gasteiger partial charge on any atom is -0.504 e. The fourth-order valence-electron chi connectivity index (χ4n) is 2.63. The van der Waals surface area contributed by atoms with Crippen molar-refractivity contribution in [2.24, 2.45) is 5.73 Å². The molecule has 2 amide bonds. The van der Waals surface area contributed by atoms with Crippen molar-refractivity contribution in [3.8, 4) is 11.5 Å². The van der Waals surface area contributed by atoms with Gasteiger partial charge in [-0.1, -0.05) is 6.07 Å². The summed E-state index contributed by atoms with van der Waals surface area (Å²) in [6.07, 6.45) is 1.98. The van der Waals surface area contributed by atoms with E-state index in [9.17, 15) is 19.8 Å². The highest BCUT2D eigenvalue weighted by Gasteiger charge is 2.32. The number of carboxylic acids is 1. The maximum Gasteiger partial charge on any atom is 0.300 e. The fourth-order valence-corrected chi connectivity index (χ4v) is 2.63. The Balaban J connectivity index is 0.000000765. The quantitative estimate of drug-likeness (QED) is 0.452. The standard InChI is InChI=1S/C15H21N3O4.C2H4O2/c16-9-14(21)18-7-1-2-11(18)15(22)17-6-5-10-3-4-12(19)13(20)8-10;1-2(3)4/h3-4,8,11,19-20H,1-2,5-7,9,16H2,(H,17,22);1H3,(H,3,4)/t11-;/m0./s1. The molecule has 0 bridgehead atoms. The van der Waals surface area contributed by atoms with Crippen molar-refractivity contribution in [2.75, 3.05) is 19.6 Å². The molecule has 0 spiro atoms. The van der Waals surface area contributed by atoms with Gasteiger partial charge in [-0.05, 0) is 37.0 Å². The predicted octanol–water partition coefficient (Wildman–Crippen LogP) is -0.203. The number of nitrogens with zero attached hydrogens (tertiary/aromatic N) is 1. The molecule has 0 unspecified atom stereocenters. The summed E-state index contributed by atoms with van der Waals surface area (Å²) in [6, 6.07) is 4.11. The first-order chi connectivity index (χ1) is 12.3. The summed E-state index contributed by atoms with van der Waals surface area (Å²) in [7, 11) is 0. The van der Waals surface area contributed by atoms with Gasteiger partial charge < -0.3 is 31.3 Å². The normalized spacial score (nSPS) is 15.8. The lowest BCUT2D eigenvalue weighted by Crippen LogP contribution is -2.48. The number of amides is 2. The number of phenolic OH excluding ortho intramolecular Hbond substituents is 2. The minimum atomic E-state index is -0.833. The molecule has 1 aromatic carbocycles. The monoisotopic (exact) mass is 367 g/mol. The molecule has 1 aromatic rings. The van der Waals surface area contributed by atoms with Crippen molar-refractivity contribution in [1.82, 2.24) is 10.2 Å². The Morgan fingerprint density at radius 1 is 1.27 bits per heavy atom. The number of carbonyl (C=O) groups excluding carboxylic acids is 2. The number of rotatable bonds is 5. The summed E-state index contributed by atoms with van der Waals surface area (Å²) in [5.74, 6) is -1.57. The molecule has 0 aliphatic carbocycles. The van der Waals surface area contributed by atoms with E-state index in [1.165, 1.54) is 17.0 Å². The zero-order valence-corrected chi connectivity index (χ0v) is 14.6. The van der Waals surface area contributed by atoms with Crippen molar-refractivity contribution >= 4 is 17.8 Å². The first kappa shape index (κ1) is 21.2. The van der Waals surface area contributed by atoms with Crippen molar-refractivity contribution < 1.29 is 29.7 Å². The van der Waals surface area contributed by atoms with Crippen LogP contribution in [0.5, 0.6) is 11.5 Å². The summed E-state index contributed by atoms with van der Waals surface area (Å²) in [4.78, 5) is 34.3. The predicted molar refractivity (Wildman–Crippen MR) is 93.6 cm³/mol. The molecule has 26 heavy (non-hydrogen) atoms. The number of phenols is 2. The van der Waals surface area contributed by atoms with Gasteiger partial charge >= 0.3 is 0 Å². The van der Waals surface area contributed by atoms with Gasteiger partial charge in [0, 0.05) is 20.0 Å². The Labute approximate surface area is 151 Å². The molecule has 1 atom stereocenters. The second kappa shape index (κ2) is 10.2. The Morgan fingerprint density at radius 2 is 1.92 bits per heavy atom. The van der Waals surface area contributed by atoms with Crippen LogP contribution >= 0.6 is 0 Å². The molecule has 1 saturated heterocycles. The first-order valence-corrected chi connectivity index (χ1v) is 8.24. The Bertz CT molecular complexity index is 645. The SMILES string of the molecule is CC(=O)O.NCC(=O)N1CCC[C@H]1C(=O)NCCc1ccc(O)c(O)c1. The largest absolute Gasteiger partial charge is 0.504 e. The van der Waals surface area contributed by atoms with Crippen molar-refractivity contribution in [3.05, 3.63) is 23.8 Å². The van der Waals surface area contributed by atoms with Crippen molar-refractivity contribution in [2.45, 2.75) is 32.2 Å². The van der Waals surface area contributed by atoms with E-state index < -0.39 is 12.0 Å². The summed E-state index contributed by atoms with van der Waals surface area (Å²) in [6.45, 7) is 1.96. The van der Waals surface area contributed by atoms with Crippen LogP contribution in [0.1, 0.15) is 25.3 Å². The second-order valence-electron chi connectivity index (χ2n) is 5.83. The third-order valence-corrected chi connectivity index (χ3v) is 3.80. The van der Waals surface area contributed by atoms with E-state index >= 15 is 0 Å². The highest BCUT2D eigenvalue weighted by atomic mass is 16.4. The molecule has 9 heteroatoms. The van der Waals surface area contributed by atoms with E-state index in [1.807, 2.05) is 0 Å². The Hall–Kier alpha value is -2.81. The molecule has 1 aliphatic heterocycles. The number of carboxylic acid groups (broad SMARTS) is 1. The van der Waals surface area contributed by atoms with Gasteiger partial charge in [-0.2, -0.15) is 0 Å². The van der Waals surface area contributed by atoms with Crippen LogP contribution in [0.3, 0.4) is 0 Å². The zero-order valence-electron chi connectivity index (χ0n) is 14.6. The summed E-state index contributed by atoms with van der Waals surface area (Å²) < 4.78 is 0. The summed E-state index contributed by atoms with van der Waals surface area (Å²) in [5.41, 5.74) is 6.15. The molecule has 9 nitrogen and oxygen atoms in total. The van der Waals surface area contributed by atoms with Gasteiger partial charge in [0.1, 0.15) is 6.04 Å². The van der Waals surface area contributed by atoms with E-state index in [4.69, 9.17) is 15.6 Å². The van der Waals surface area contributed by atoms with Crippen molar-refractivity contribution in [3.63, 3.8) is 0 Å². The van der Waals surface area contributed by atoms with E-state index in [2.05, 4.69) is 5.32 Å². The molecule has 1 aliphatic rings. The van der Waals surface area contributed by atoms with Gasteiger partial charge in [-0.15, -0.1) is 0 Å². The molecule has 6 N–H and O–H groups in total. The molecular weight excluding hydrogens is 342 g/mol. The van der Waals surface area contributed by atoms with E-state index in [0.29, 0.717) is 25.9 Å². The third-order valence-electron chi connectivity index (χ3n) is 3.80. The number of benzene rings is 1. The van der Waals surface area contributed by atoms with Crippen LogP contribution in [-0.2, 0) is 20.8 Å².